The van der Waals surface area contributed by atoms with Gasteiger partial charge in [0, 0.05) is 0 Å². The van der Waals surface area contributed by atoms with E-state index in [4.69, 9.17) is 0 Å². The van der Waals surface area contributed by atoms with E-state index in [9.17, 15) is 13.2 Å². The van der Waals surface area contributed by atoms with Crippen molar-refractivity contribution in [2.24, 2.45) is 5.92 Å². The van der Waals surface area contributed by atoms with Gasteiger partial charge < -0.3 is 5.32 Å². The minimum atomic E-state index is -4.25. The van der Waals surface area contributed by atoms with Crippen molar-refractivity contribution < 1.29 is 13.2 Å². The van der Waals surface area contributed by atoms with Crippen LogP contribution >= 0.6 is 0 Å². The number of benzene rings is 1. The van der Waals surface area contributed by atoms with Gasteiger partial charge in [0.15, 0.2) is 0 Å². The number of hydrogen-bond acceptors (Lipinski definition) is 1. The first-order chi connectivity index (χ1) is 8.39. The zero-order valence-corrected chi connectivity index (χ0v) is 10.6. The molecule has 0 aromatic heterocycles. The summed E-state index contributed by atoms with van der Waals surface area (Å²) in [5.74, 6) is 0.835. The second-order valence-corrected chi connectivity index (χ2v) is 5.15. The molecule has 2 atom stereocenters. The number of nitrogens with one attached hydrogen (secondary N) is 1. The molecule has 0 aliphatic carbocycles. The van der Waals surface area contributed by atoms with Crippen LogP contribution in [-0.4, -0.2) is 13.1 Å². The lowest BCUT2D eigenvalue weighted by Crippen LogP contribution is -2.33. The van der Waals surface area contributed by atoms with E-state index in [1.54, 1.807) is 12.1 Å². The maximum absolute atomic E-state index is 12.7. The molecule has 0 spiro atoms. The number of rotatable bonds is 1. The Hall–Kier alpha value is -1.03. The largest absolute Gasteiger partial charge is 0.416 e. The molecule has 1 aliphatic rings. The van der Waals surface area contributed by atoms with E-state index in [0.717, 1.165) is 25.1 Å². The predicted octanol–water partition coefficient (Wildman–Crippen LogP) is 3.73. The zero-order valence-electron chi connectivity index (χ0n) is 10.6. The number of piperidine rings is 1. The SMILES string of the molecule is Cc1cc([C@@H]2CCNC[C@@H]2C)ccc1C(F)(F)F. The highest BCUT2D eigenvalue weighted by atomic mass is 19.4. The summed E-state index contributed by atoms with van der Waals surface area (Å²) < 4.78 is 38.1. The highest BCUT2D eigenvalue weighted by molar-refractivity contribution is 5.35. The van der Waals surface area contributed by atoms with E-state index >= 15 is 0 Å². The maximum atomic E-state index is 12.7. The molecule has 1 aliphatic heterocycles. The molecule has 2 rings (SSSR count). The highest BCUT2D eigenvalue weighted by Crippen LogP contribution is 2.35. The molecule has 0 amide bonds. The summed E-state index contributed by atoms with van der Waals surface area (Å²) in [5.41, 5.74) is 0.841. The van der Waals surface area contributed by atoms with Crippen LogP contribution < -0.4 is 5.32 Å². The van der Waals surface area contributed by atoms with Gasteiger partial charge in [-0.1, -0.05) is 19.1 Å². The summed E-state index contributed by atoms with van der Waals surface area (Å²) in [5, 5.41) is 3.30. The fraction of sp³-hybridized carbons (Fsp3) is 0.571. The van der Waals surface area contributed by atoms with E-state index in [0.29, 0.717) is 17.4 Å². The lowest BCUT2D eigenvalue weighted by Gasteiger charge is -2.30. The number of halogens is 3. The van der Waals surface area contributed by atoms with Gasteiger partial charge in [-0.25, -0.2) is 0 Å². The van der Waals surface area contributed by atoms with Gasteiger partial charge in [-0.05, 0) is 55.5 Å². The molecule has 1 N–H and O–H groups in total. The molecule has 1 heterocycles. The fourth-order valence-electron chi connectivity index (χ4n) is 2.74. The Kier molecular flexibility index (Phi) is 3.66. The van der Waals surface area contributed by atoms with Crippen LogP contribution in [0.1, 0.15) is 36.0 Å². The van der Waals surface area contributed by atoms with Crippen LogP contribution in [0.15, 0.2) is 18.2 Å². The molecule has 1 fully saturated rings. The van der Waals surface area contributed by atoms with Gasteiger partial charge >= 0.3 is 6.18 Å². The van der Waals surface area contributed by atoms with Crippen molar-refractivity contribution in [1.29, 1.82) is 0 Å². The number of hydrogen-bond donors (Lipinski definition) is 1. The Morgan fingerprint density at radius 2 is 2.00 bits per heavy atom. The van der Waals surface area contributed by atoms with Crippen molar-refractivity contribution in [1.82, 2.24) is 5.32 Å². The van der Waals surface area contributed by atoms with Crippen molar-refractivity contribution in [3.05, 3.63) is 34.9 Å². The normalized spacial score (nSPS) is 25.2. The van der Waals surface area contributed by atoms with Gasteiger partial charge in [-0.15, -0.1) is 0 Å². The first-order valence-corrected chi connectivity index (χ1v) is 6.28. The van der Waals surface area contributed by atoms with Crippen LogP contribution in [0.3, 0.4) is 0 Å². The quantitative estimate of drug-likeness (QED) is 0.808. The zero-order chi connectivity index (χ0) is 13.3. The van der Waals surface area contributed by atoms with Gasteiger partial charge in [-0.3, -0.25) is 0 Å². The van der Waals surface area contributed by atoms with Crippen molar-refractivity contribution in [2.45, 2.75) is 32.4 Å². The van der Waals surface area contributed by atoms with Crippen molar-refractivity contribution in [2.75, 3.05) is 13.1 Å². The van der Waals surface area contributed by atoms with Crippen LogP contribution in [0, 0.1) is 12.8 Å². The minimum Gasteiger partial charge on any atom is -0.316 e. The van der Waals surface area contributed by atoms with Gasteiger partial charge in [0.25, 0.3) is 0 Å². The molecular weight excluding hydrogens is 239 g/mol. The molecular formula is C14H18F3N. The van der Waals surface area contributed by atoms with Gasteiger partial charge in [0.05, 0.1) is 5.56 Å². The van der Waals surface area contributed by atoms with E-state index in [-0.39, 0.29) is 0 Å². The summed E-state index contributed by atoms with van der Waals surface area (Å²) in [7, 11) is 0. The maximum Gasteiger partial charge on any atom is 0.416 e. The average molecular weight is 257 g/mol. The molecule has 0 saturated carbocycles. The summed E-state index contributed by atoms with van der Waals surface area (Å²) >= 11 is 0. The molecule has 18 heavy (non-hydrogen) atoms. The van der Waals surface area contributed by atoms with Crippen LogP contribution in [0.4, 0.5) is 13.2 Å². The minimum absolute atomic E-state index is 0.325. The number of alkyl halides is 3. The monoisotopic (exact) mass is 257 g/mol. The lowest BCUT2D eigenvalue weighted by atomic mass is 9.81. The molecule has 0 radical (unpaired) electrons. The Bertz CT molecular complexity index is 426. The molecule has 1 aromatic rings. The van der Waals surface area contributed by atoms with E-state index < -0.39 is 11.7 Å². The van der Waals surface area contributed by atoms with E-state index in [2.05, 4.69) is 12.2 Å². The van der Waals surface area contributed by atoms with Crippen molar-refractivity contribution in [3.63, 3.8) is 0 Å². The van der Waals surface area contributed by atoms with Gasteiger partial charge in [0.1, 0.15) is 0 Å². The van der Waals surface area contributed by atoms with E-state index in [1.165, 1.54) is 13.0 Å². The Balaban J connectivity index is 2.28. The number of aryl methyl sites for hydroxylation is 1. The molecule has 0 bridgehead atoms. The lowest BCUT2D eigenvalue weighted by molar-refractivity contribution is -0.138. The summed E-state index contributed by atoms with van der Waals surface area (Å²) in [6.45, 7) is 5.56. The van der Waals surface area contributed by atoms with Crippen LogP contribution in [0.5, 0.6) is 0 Å². The molecule has 4 heteroatoms. The standard InChI is InChI=1S/C14H18F3N/c1-9-7-11(3-4-13(9)14(15,16)17)12-5-6-18-8-10(12)2/h3-4,7,10,12,18H,5-6,8H2,1-2H3/t10-,12+/m0/s1. The molecule has 1 nitrogen and oxygen atoms in total. The predicted molar refractivity (Wildman–Crippen MR) is 65.6 cm³/mol. The van der Waals surface area contributed by atoms with Crippen LogP contribution in [0.25, 0.3) is 0 Å². The fourth-order valence-corrected chi connectivity index (χ4v) is 2.74. The smallest absolute Gasteiger partial charge is 0.316 e. The first kappa shape index (κ1) is 13.4. The van der Waals surface area contributed by atoms with Crippen molar-refractivity contribution in [3.8, 4) is 0 Å². The van der Waals surface area contributed by atoms with Crippen LogP contribution in [0.2, 0.25) is 0 Å². The molecule has 1 saturated heterocycles. The molecule has 0 unspecified atom stereocenters. The average Bonchev–Trinajstić information content (AvgIpc) is 2.27. The summed E-state index contributed by atoms with van der Waals surface area (Å²) in [4.78, 5) is 0. The summed E-state index contributed by atoms with van der Waals surface area (Å²) in [6.07, 6.45) is -3.26. The third-order valence-corrected chi connectivity index (χ3v) is 3.77. The third kappa shape index (κ3) is 2.69. The van der Waals surface area contributed by atoms with Crippen molar-refractivity contribution >= 4 is 0 Å². The second kappa shape index (κ2) is 4.92. The first-order valence-electron chi connectivity index (χ1n) is 6.28. The summed E-state index contributed by atoms with van der Waals surface area (Å²) in [6, 6.07) is 4.57. The highest BCUT2D eigenvalue weighted by Gasteiger charge is 2.33. The topological polar surface area (TPSA) is 12.0 Å². The third-order valence-electron chi connectivity index (χ3n) is 3.77. The molecule has 1 aromatic carbocycles. The second-order valence-electron chi connectivity index (χ2n) is 5.15. The molecule has 100 valence electrons. The van der Waals surface area contributed by atoms with Gasteiger partial charge in [-0.2, -0.15) is 13.2 Å². The van der Waals surface area contributed by atoms with Crippen LogP contribution in [-0.2, 0) is 6.18 Å². The Morgan fingerprint density at radius 3 is 2.56 bits per heavy atom. The van der Waals surface area contributed by atoms with Gasteiger partial charge in [0.2, 0.25) is 0 Å². The van der Waals surface area contributed by atoms with E-state index in [1.807, 2.05) is 0 Å². The Morgan fingerprint density at radius 1 is 1.28 bits per heavy atom. The Labute approximate surface area is 105 Å².